The van der Waals surface area contributed by atoms with Gasteiger partial charge in [-0.15, -0.1) is 0 Å². The van der Waals surface area contributed by atoms with Crippen LogP contribution in [0.4, 0.5) is 27.6 Å². The molecule has 1 saturated heterocycles. The quantitative estimate of drug-likeness (QED) is 0.391. The molecule has 0 radical (unpaired) electrons. The molecule has 2 aliphatic heterocycles. The zero-order valence-corrected chi connectivity index (χ0v) is 21.3. The molecule has 1 amide bonds. The Morgan fingerprint density at radius 3 is 2.58 bits per heavy atom. The highest BCUT2D eigenvalue weighted by molar-refractivity contribution is 7.89. The summed E-state index contributed by atoms with van der Waals surface area (Å²) >= 11 is 0. The summed E-state index contributed by atoms with van der Waals surface area (Å²) in [5, 5.41) is 2.47. The number of rotatable bonds is 7. The predicted molar refractivity (Wildman–Crippen MR) is 124 cm³/mol. The second-order valence-corrected chi connectivity index (χ2v) is 11.0. The van der Waals surface area contributed by atoms with Gasteiger partial charge in [-0.25, -0.2) is 17.5 Å². The molecule has 0 aliphatic carbocycles. The van der Waals surface area contributed by atoms with Crippen LogP contribution in [0.3, 0.4) is 0 Å². The highest BCUT2D eigenvalue weighted by Crippen LogP contribution is 2.55. The Morgan fingerprint density at radius 1 is 1.21 bits per heavy atom. The van der Waals surface area contributed by atoms with Crippen molar-refractivity contribution < 1.29 is 49.4 Å². The van der Waals surface area contributed by atoms with Gasteiger partial charge >= 0.3 is 6.18 Å². The van der Waals surface area contributed by atoms with Gasteiger partial charge in [-0.05, 0) is 36.8 Å². The Labute approximate surface area is 215 Å². The fraction of sp³-hybridized carbons (Fsp3) is 0.458. The zero-order valence-electron chi connectivity index (χ0n) is 20.5. The maximum Gasteiger partial charge on any atom is 0.417 e. The van der Waals surface area contributed by atoms with Gasteiger partial charge in [-0.2, -0.15) is 17.6 Å². The summed E-state index contributed by atoms with van der Waals surface area (Å²) in [7, 11) is -2.33. The van der Waals surface area contributed by atoms with E-state index >= 15 is 0 Å². The predicted octanol–water partition coefficient (Wildman–Crippen LogP) is 3.86. The third-order valence-corrected chi connectivity index (χ3v) is 8.47. The van der Waals surface area contributed by atoms with Crippen LogP contribution in [-0.4, -0.2) is 52.5 Å². The van der Waals surface area contributed by atoms with Gasteiger partial charge < -0.3 is 19.5 Å². The molecule has 2 heterocycles. The Kier molecular flexibility index (Phi) is 7.47. The summed E-state index contributed by atoms with van der Waals surface area (Å²) in [5.74, 6) is -7.16. The number of sulfonamides is 1. The van der Waals surface area contributed by atoms with Crippen molar-refractivity contribution in [3.8, 4) is 5.75 Å². The Hall–Kier alpha value is -2.81. The van der Waals surface area contributed by atoms with Crippen molar-refractivity contribution in [3.05, 3.63) is 53.1 Å². The number of amides is 1. The van der Waals surface area contributed by atoms with Gasteiger partial charge in [0.1, 0.15) is 12.7 Å². The summed E-state index contributed by atoms with van der Waals surface area (Å²) < 4.78 is 113. The second kappa shape index (κ2) is 10.1. The molecule has 0 spiro atoms. The molecular formula is C24H25F5N2O6S. The van der Waals surface area contributed by atoms with Crippen LogP contribution in [0.25, 0.3) is 0 Å². The van der Waals surface area contributed by atoms with Gasteiger partial charge in [-0.3, -0.25) is 4.79 Å². The summed E-state index contributed by atoms with van der Waals surface area (Å²) in [4.78, 5) is 13.4. The van der Waals surface area contributed by atoms with Crippen LogP contribution < -0.4 is 14.8 Å². The van der Waals surface area contributed by atoms with E-state index in [1.165, 1.54) is 32.2 Å². The molecule has 2 aliphatic rings. The maximum atomic E-state index is 14.8. The smallest absolute Gasteiger partial charge is 0.417 e. The van der Waals surface area contributed by atoms with Crippen LogP contribution in [-0.2, 0) is 30.8 Å². The van der Waals surface area contributed by atoms with E-state index in [0.717, 1.165) is 19.1 Å². The van der Waals surface area contributed by atoms with Crippen molar-refractivity contribution in [1.29, 1.82) is 0 Å². The minimum atomic E-state index is -4.91. The number of carbonyl (C=O) groups excluding carboxylic acids is 1. The standard InChI is InChI=1S/C24H25F5N2O6S/c1-12-18(15-5-6-16(25)19(26)20(15)36-9-8-35-3)21(37-23(12,2)24(27,28)29)22(32)31-14-4-7-17-13(10-14)11-30-38(17,33)34/h4-7,10,12,18,21,30H,8-9,11H2,1-3H3,(H,31,32)/t12-,18-,21+,23+/m0/s1. The minimum absolute atomic E-state index is 0.0147. The molecule has 4 rings (SSSR count). The fourth-order valence-electron chi connectivity index (χ4n) is 4.73. The van der Waals surface area contributed by atoms with Crippen LogP contribution in [0, 0.1) is 17.6 Å². The number of anilines is 1. The summed E-state index contributed by atoms with van der Waals surface area (Å²) in [6.45, 7) is 1.72. The molecule has 4 atom stereocenters. The largest absolute Gasteiger partial charge is 0.488 e. The molecule has 0 bridgehead atoms. The number of methoxy groups -OCH3 is 1. The third kappa shape index (κ3) is 4.85. The van der Waals surface area contributed by atoms with Crippen molar-refractivity contribution in [2.45, 2.75) is 49.1 Å². The summed E-state index contributed by atoms with van der Waals surface area (Å²) in [6.07, 6.45) is -6.70. The van der Waals surface area contributed by atoms with E-state index in [2.05, 4.69) is 10.0 Å². The lowest BCUT2D eigenvalue weighted by Gasteiger charge is -2.32. The molecule has 8 nitrogen and oxygen atoms in total. The van der Waals surface area contributed by atoms with Gasteiger partial charge in [0.15, 0.2) is 17.2 Å². The SMILES string of the molecule is COCCOc1c([C@H]2[C@H](C(=O)Nc3ccc4c(c3)CNS4(=O)=O)O[C@@](C)(C(F)(F)F)[C@H]2C)ccc(F)c1F. The zero-order chi connectivity index (χ0) is 28.0. The Morgan fingerprint density at radius 2 is 1.92 bits per heavy atom. The number of halogens is 5. The van der Waals surface area contributed by atoms with E-state index in [1.54, 1.807) is 0 Å². The first-order valence-corrected chi connectivity index (χ1v) is 13.0. The summed E-state index contributed by atoms with van der Waals surface area (Å²) in [5.41, 5.74) is -2.52. The molecule has 0 aromatic heterocycles. The Bertz CT molecular complexity index is 1350. The van der Waals surface area contributed by atoms with E-state index in [9.17, 15) is 35.2 Å². The molecular weight excluding hydrogens is 539 g/mol. The van der Waals surface area contributed by atoms with Crippen molar-refractivity contribution in [1.82, 2.24) is 4.72 Å². The molecule has 1 fully saturated rings. The van der Waals surface area contributed by atoms with Crippen LogP contribution in [0.2, 0.25) is 0 Å². The topological polar surface area (TPSA) is 103 Å². The van der Waals surface area contributed by atoms with E-state index in [4.69, 9.17) is 14.2 Å². The van der Waals surface area contributed by atoms with Crippen molar-refractivity contribution >= 4 is 21.6 Å². The highest BCUT2D eigenvalue weighted by Gasteiger charge is 2.66. The average molecular weight is 565 g/mol. The van der Waals surface area contributed by atoms with Gasteiger partial charge in [-0.1, -0.05) is 13.0 Å². The van der Waals surface area contributed by atoms with Crippen LogP contribution in [0.5, 0.6) is 5.75 Å². The number of alkyl halides is 3. The maximum absolute atomic E-state index is 14.8. The van der Waals surface area contributed by atoms with Gasteiger partial charge in [0.2, 0.25) is 15.8 Å². The second-order valence-electron chi connectivity index (χ2n) is 9.22. The lowest BCUT2D eigenvalue weighted by atomic mass is 9.77. The third-order valence-electron chi connectivity index (χ3n) is 6.97. The Balaban J connectivity index is 1.74. The number of hydrogen-bond donors (Lipinski definition) is 2. The number of benzene rings is 2. The van der Waals surface area contributed by atoms with Crippen molar-refractivity contribution in [3.63, 3.8) is 0 Å². The average Bonchev–Trinajstić information content (AvgIpc) is 3.30. The van der Waals surface area contributed by atoms with E-state index in [0.29, 0.717) is 5.56 Å². The van der Waals surface area contributed by atoms with E-state index in [-0.39, 0.29) is 35.9 Å². The number of ether oxygens (including phenoxy) is 3. The highest BCUT2D eigenvalue weighted by atomic mass is 32.2. The minimum Gasteiger partial charge on any atom is -0.488 e. The first-order valence-electron chi connectivity index (χ1n) is 11.5. The van der Waals surface area contributed by atoms with Crippen molar-refractivity contribution in [2.24, 2.45) is 5.92 Å². The molecule has 0 saturated carbocycles. The first-order chi connectivity index (χ1) is 17.7. The number of nitrogens with one attached hydrogen (secondary N) is 2. The molecule has 208 valence electrons. The van der Waals surface area contributed by atoms with Crippen molar-refractivity contribution in [2.75, 3.05) is 25.6 Å². The molecule has 0 unspecified atom stereocenters. The number of carbonyl (C=O) groups is 1. The molecule has 2 aromatic rings. The fourth-order valence-corrected chi connectivity index (χ4v) is 5.95. The van der Waals surface area contributed by atoms with Gasteiger partial charge in [0.05, 0.1) is 11.5 Å². The lowest BCUT2D eigenvalue weighted by molar-refractivity contribution is -0.272. The monoisotopic (exact) mass is 564 g/mol. The number of hydrogen-bond acceptors (Lipinski definition) is 6. The van der Waals surface area contributed by atoms with Crippen LogP contribution in [0.1, 0.15) is 30.9 Å². The van der Waals surface area contributed by atoms with Crippen LogP contribution in [0.15, 0.2) is 35.2 Å². The molecule has 2 N–H and O–H groups in total. The normalized spacial score (nSPS) is 26.3. The van der Waals surface area contributed by atoms with Gasteiger partial charge in [0.25, 0.3) is 5.91 Å². The van der Waals surface area contributed by atoms with E-state index in [1.807, 2.05) is 0 Å². The molecule has 14 heteroatoms. The summed E-state index contributed by atoms with van der Waals surface area (Å²) in [6, 6.07) is 5.73. The lowest BCUT2D eigenvalue weighted by Crippen LogP contribution is -2.47. The first kappa shape index (κ1) is 28.2. The molecule has 38 heavy (non-hydrogen) atoms. The van der Waals surface area contributed by atoms with Crippen LogP contribution >= 0.6 is 0 Å². The molecule has 2 aromatic carbocycles. The number of fused-ring (bicyclic) bond motifs is 1. The van der Waals surface area contributed by atoms with Gasteiger partial charge in [0, 0.05) is 36.7 Å². The van der Waals surface area contributed by atoms with E-state index < -0.39 is 63.0 Å².